The highest BCUT2D eigenvalue weighted by Gasteiger charge is 2.19. The van der Waals surface area contributed by atoms with Crippen molar-refractivity contribution in [2.75, 3.05) is 19.5 Å². The lowest BCUT2D eigenvalue weighted by Gasteiger charge is -2.16. The summed E-state index contributed by atoms with van der Waals surface area (Å²) in [6.07, 6.45) is 0. The number of rotatable bonds is 7. The molecule has 142 valence electrons. The van der Waals surface area contributed by atoms with E-state index in [-0.39, 0.29) is 11.3 Å². The highest BCUT2D eigenvalue weighted by molar-refractivity contribution is 6.01. The van der Waals surface area contributed by atoms with Crippen LogP contribution in [0.4, 0.5) is 11.4 Å². The number of non-ortho nitro benzene ring substituents is 1. The molecule has 9 heteroatoms. The fourth-order valence-corrected chi connectivity index (χ4v) is 2.25. The number of nitro benzene ring substituents is 1. The molecule has 1 atom stereocenters. The Balaban J connectivity index is 2.06. The summed E-state index contributed by atoms with van der Waals surface area (Å²) in [4.78, 5) is 34.8. The molecule has 0 aliphatic rings. The molecule has 9 nitrogen and oxygen atoms in total. The molecule has 0 aliphatic heterocycles. The van der Waals surface area contributed by atoms with E-state index >= 15 is 0 Å². The third-order valence-corrected chi connectivity index (χ3v) is 3.73. The lowest BCUT2D eigenvalue weighted by Crippen LogP contribution is -2.41. The monoisotopic (exact) mass is 373 g/mol. The minimum atomic E-state index is -0.886. The maximum Gasteiger partial charge on any atom is 0.270 e. The molecule has 0 heterocycles. The molecule has 0 radical (unpaired) electrons. The molecule has 0 bridgehead atoms. The van der Waals surface area contributed by atoms with Crippen molar-refractivity contribution in [3.63, 3.8) is 0 Å². The van der Waals surface area contributed by atoms with E-state index in [2.05, 4.69) is 10.6 Å². The predicted octanol–water partition coefficient (Wildman–Crippen LogP) is 2.37. The maximum absolute atomic E-state index is 12.4. The second-order valence-corrected chi connectivity index (χ2v) is 5.56. The predicted molar refractivity (Wildman–Crippen MR) is 98.2 cm³/mol. The van der Waals surface area contributed by atoms with Crippen LogP contribution in [0.25, 0.3) is 0 Å². The van der Waals surface area contributed by atoms with Crippen LogP contribution in [0, 0.1) is 10.1 Å². The van der Waals surface area contributed by atoms with Crippen molar-refractivity contribution in [1.82, 2.24) is 5.32 Å². The summed E-state index contributed by atoms with van der Waals surface area (Å²) in [6, 6.07) is 9.26. The van der Waals surface area contributed by atoms with Crippen molar-refractivity contribution in [3.8, 4) is 11.5 Å². The van der Waals surface area contributed by atoms with Gasteiger partial charge in [0, 0.05) is 23.8 Å². The van der Waals surface area contributed by atoms with Gasteiger partial charge in [-0.25, -0.2) is 0 Å². The Kier molecular flexibility index (Phi) is 6.32. The van der Waals surface area contributed by atoms with E-state index in [0.717, 1.165) is 6.07 Å². The van der Waals surface area contributed by atoms with E-state index in [1.165, 1.54) is 39.3 Å². The molecular formula is C18H19N3O6. The molecule has 0 aromatic heterocycles. The van der Waals surface area contributed by atoms with Crippen molar-refractivity contribution >= 4 is 23.2 Å². The molecule has 2 N–H and O–H groups in total. The van der Waals surface area contributed by atoms with Gasteiger partial charge >= 0.3 is 0 Å². The number of ether oxygens (including phenoxy) is 2. The minimum absolute atomic E-state index is 0.0888. The molecule has 0 saturated carbocycles. The van der Waals surface area contributed by atoms with Crippen LogP contribution in [-0.4, -0.2) is 37.0 Å². The molecule has 0 aliphatic carbocycles. The van der Waals surface area contributed by atoms with Crippen molar-refractivity contribution < 1.29 is 24.0 Å². The van der Waals surface area contributed by atoms with Gasteiger partial charge in [-0.15, -0.1) is 0 Å². The van der Waals surface area contributed by atoms with Crippen LogP contribution in [0.1, 0.15) is 17.3 Å². The van der Waals surface area contributed by atoms with Gasteiger partial charge in [0.15, 0.2) is 0 Å². The van der Waals surface area contributed by atoms with E-state index in [1.54, 1.807) is 18.2 Å². The van der Waals surface area contributed by atoms with E-state index in [4.69, 9.17) is 9.47 Å². The first-order valence-electron chi connectivity index (χ1n) is 7.94. The largest absolute Gasteiger partial charge is 0.497 e. The highest BCUT2D eigenvalue weighted by Crippen LogP contribution is 2.29. The smallest absolute Gasteiger partial charge is 0.270 e. The molecule has 0 saturated heterocycles. The Bertz CT molecular complexity index is 868. The molecule has 0 unspecified atom stereocenters. The summed E-state index contributed by atoms with van der Waals surface area (Å²) in [5.41, 5.74) is 0.299. The quantitative estimate of drug-likeness (QED) is 0.568. The SMILES string of the molecule is COc1ccc(NC(=O)[C@H](C)NC(=O)c2cccc([N+](=O)[O-])c2)c(OC)c1. The normalized spacial score (nSPS) is 11.2. The van der Waals surface area contributed by atoms with Crippen LogP contribution in [-0.2, 0) is 4.79 Å². The van der Waals surface area contributed by atoms with Crippen LogP contribution >= 0.6 is 0 Å². The lowest BCUT2D eigenvalue weighted by molar-refractivity contribution is -0.384. The second kappa shape index (κ2) is 8.65. The first-order valence-corrected chi connectivity index (χ1v) is 7.94. The van der Waals surface area contributed by atoms with Gasteiger partial charge < -0.3 is 20.1 Å². The van der Waals surface area contributed by atoms with Crippen molar-refractivity contribution in [2.24, 2.45) is 0 Å². The summed E-state index contributed by atoms with van der Waals surface area (Å²) in [5.74, 6) is -0.0999. The average molecular weight is 373 g/mol. The third kappa shape index (κ3) is 4.94. The zero-order valence-electron chi connectivity index (χ0n) is 15.0. The number of carbonyl (C=O) groups excluding carboxylic acids is 2. The molecule has 2 aromatic carbocycles. The summed E-state index contributed by atoms with van der Waals surface area (Å²) in [5, 5.41) is 16.0. The van der Waals surface area contributed by atoms with Gasteiger partial charge in [-0.2, -0.15) is 0 Å². The first-order chi connectivity index (χ1) is 12.8. The molecule has 2 amide bonds. The Morgan fingerprint density at radius 2 is 1.85 bits per heavy atom. The molecular weight excluding hydrogens is 354 g/mol. The Labute approximate surface area is 155 Å². The zero-order valence-corrected chi connectivity index (χ0v) is 15.0. The second-order valence-electron chi connectivity index (χ2n) is 5.56. The lowest BCUT2D eigenvalue weighted by atomic mass is 10.1. The van der Waals surface area contributed by atoms with Gasteiger partial charge in [0.05, 0.1) is 24.8 Å². The number of amides is 2. The molecule has 2 aromatic rings. The van der Waals surface area contributed by atoms with Crippen LogP contribution < -0.4 is 20.1 Å². The fraction of sp³-hybridized carbons (Fsp3) is 0.222. The zero-order chi connectivity index (χ0) is 20.0. The number of hydrogen-bond donors (Lipinski definition) is 2. The minimum Gasteiger partial charge on any atom is -0.497 e. The molecule has 0 spiro atoms. The topological polar surface area (TPSA) is 120 Å². The average Bonchev–Trinajstić information content (AvgIpc) is 2.68. The number of nitrogens with zero attached hydrogens (tertiary/aromatic N) is 1. The number of nitrogens with one attached hydrogen (secondary N) is 2. The highest BCUT2D eigenvalue weighted by atomic mass is 16.6. The number of methoxy groups -OCH3 is 2. The third-order valence-electron chi connectivity index (χ3n) is 3.73. The van der Waals surface area contributed by atoms with Gasteiger partial charge in [-0.05, 0) is 25.1 Å². The summed E-state index contributed by atoms with van der Waals surface area (Å²) in [7, 11) is 2.97. The van der Waals surface area contributed by atoms with Gasteiger partial charge in [0.1, 0.15) is 17.5 Å². The summed E-state index contributed by atoms with van der Waals surface area (Å²) >= 11 is 0. The fourth-order valence-electron chi connectivity index (χ4n) is 2.25. The first kappa shape index (κ1) is 19.7. The van der Waals surface area contributed by atoms with Crippen molar-refractivity contribution in [2.45, 2.75) is 13.0 Å². The summed E-state index contributed by atoms with van der Waals surface area (Å²) in [6.45, 7) is 1.50. The van der Waals surface area contributed by atoms with E-state index < -0.39 is 22.8 Å². The van der Waals surface area contributed by atoms with Crippen molar-refractivity contribution in [3.05, 3.63) is 58.1 Å². The molecule has 0 fully saturated rings. The Morgan fingerprint density at radius 1 is 1.11 bits per heavy atom. The number of carbonyl (C=O) groups is 2. The van der Waals surface area contributed by atoms with Crippen LogP contribution in [0.15, 0.2) is 42.5 Å². The van der Waals surface area contributed by atoms with E-state index in [0.29, 0.717) is 17.2 Å². The van der Waals surface area contributed by atoms with Gasteiger partial charge in [0.25, 0.3) is 11.6 Å². The molecule has 2 rings (SSSR count). The number of hydrogen-bond acceptors (Lipinski definition) is 6. The van der Waals surface area contributed by atoms with E-state index in [9.17, 15) is 19.7 Å². The molecule has 27 heavy (non-hydrogen) atoms. The van der Waals surface area contributed by atoms with E-state index in [1.807, 2.05) is 0 Å². The Morgan fingerprint density at radius 3 is 2.48 bits per heavy atom. The number of benzene rings is 2. The van der Waals surface area contributed by atoms with Crippen LogP contribution in [0.5, 0.6) is 11.5 Å². The van der Waals surface area contributed by atoms with Gasteiger partial charge in [0.2, 0.25) is 5.91 Å². The summed E-state index contributed by atoms with van der Waals surface area (Å²) < 4.78 is 10.3. The van der Waals surface area contributed by atoms with Gasteiger partial charge in [-0.1, -0.05) is 6.07 Å². The van der Waals surface area contributed by atoms with Gasteiger partial charge in [-0.3, -0.25) is 19.7 Å². The Hall–Kier alpha value is -3.62. The number of nitro groups is 1. The van der Waals surface area contributed by atoms with Crippen LogP contribution in [0.2, 0.25) is 0 Å². The van der Waals surface area contributed by atoms with Crippen molar-refractivity contribution in [1.29, 1.82) is 0 Å². The maximum atomic E-state index is 12.4. The number of anilines is 1. The van der Waals surface area contributed by atoms with Crippen LogP contribution in [0.3, 0.4) is 0 Å². The standard InChI is InChI=1S/C18H19N3O6/c1-11(19-18(23)12-5-4-6-13(9-12)21(24)25)17(22)20-15-8-7-14(26-2)10-16(15)27-3/h4-11H,1-3H3,(H,19,23)(H,20,22)/t11-/m0/s1.